The third-order valence-corrected chi connectivity index (χ3v) is 4.77. The third kappa shape index (κ3) is 4.26. The number of rotatable bonds is 4. The second-order valence-electron chi connectivity index (χ2n) is 5.28. The molecule has 0 unspecified atom stereocenters. The van der Waals surface area contributed by atoms with Gasteiger partial charge < -0.3 is 10.2 Å². The number of nitrogens with zero attached hydrogens (tertiary/aromatic N) is 1. The van der Waals surface area contributed by atoms with Gasteiger partial charge in [-0.3, -0.25) is 4.79 Å². The number of sulfonamides is 1. The Morgan fingerprint density at radius 1 is 1.19 bits per heavy atom. The van der Waals surface area contributed by atoms with E-state index in [4.69, 9.17) is 0 Å². The summed E-state index contributed by atoms with van der Waals surface area (Å²) in [6.07, 6.45) is 0. The van der Waals surface area contributed by atoms with E-state index in [-0.39, 0.29) is 17.3 Å². The van der Waals surface area contributed by atoms with Gasteiger partial charge in [0.2, 0.25) is 15.9 Å². The van der Waals surface area contributed by atoms with E-state index in [0.717, 1.165) is 24.2 Å². The molecule has 1 heterocycles. The monoisotopic (exact) mass is 311 g/mol. The Morgan fingerprint density at radius 3 is 2.33 bits per heavy atom. The zero-order chi connectivity index (χ0) is 15.5. The molecule has 1 amide bonds. The average Bonchev–Trinajstić information content (AvgIpc) is 2.45. The van der Waals surface area contributed by atoms with E-state index >= 15 is 0 Å². The fraction of sp³-hybridized carbons (Fsp3) is 0.500. The molecule has 0 atom stereocenters. The zero-order valence-corrected chi connectivity index (χ0v) is 13.2. The standard InChI is InChI=1S/C14H21N3O3S/c1-11-7-12(2)9-13(8-11)21(19,20)16-10-14(18)17-5-3-15-4-6-17/h7-9,15-16H,3-6,10H2,1-2H3. The molecule has 1 saturated heterocycles. The maximum absolute atomic E-state index is 12.2. The van der Waals surface area contributed by atoms with Crippen molar-refractivity contribution in [3.63, 3.8) is 0 Å². The Balaban J connectivity index is 2.02. The highest BCUT2D eigenvalue weighted by atomic mass is 32.2. The van der Waals surface area contributed by atoms with Crippen molar-refractivity contribution in [1.82, 2.24) is 14.9 Å². The quantitative estimate of drug-likeness (QED) is 0.821. The first kappa shape index (κ1) is 15.9. The van der Waals surface area contributed by atoms with Gasteiger partial charge in [0.15, 0.2) is 0 Å². The maximum atomic E-state index is 12.2. The Labute approximate surface area is 125 Å². The number of amides is 1. The number of piperazine rings is 1. The molecule has 0 aliphatic carbocycles. The highest BCUT2D eigenvalue weighted by molar-refractivity contribution is 7.89. The molecule has 2 N–H and O–H groups in total. The molecule has 2 rings (SSSR count). The van der Waals surface area contributed by atoms with Crippen molar-refractivity contribution in [2.24, 2.45) is 0 Å². The van der Waals surface area contributed by atoms with Crippen LogP contribution in [0.15, 0.2) is 23.1 Å². The first-order valence-corrected chi connectivity index (χ1v) is 8.43. The van der Waals surface area contributed by atoms with Gasteiger partial charge in [0.1, 0.15) is 0 Å². The number of carbonyl (C=O) groups is 1. The molecule has 21 heavy (non-hydrogen) atoms. The minimum absolute atomic E-state index is 0.190. The van der Waals surface area contributed by atoms with E-state index in [9.17, 15) is 13.2 Å². The molecule has 0 radical (unpaired) electrons. The van der Waals surface area contributed by atoms with E-state index in [1.165, 1.54) is 0 Å². The van der Waals surface area contributed by atoms with Crippen LogP contribution in [0.4, 0.5) is 0 Å². The summed E-state index contributed by atoms with van der Waals surface area (Å²) >= 11 is 0. The molecule has 1 aromatic carbocycles. The predicted octanol–water partition coefficient (Wildman–Crippen LogP) is 0.0135. The predicted molar refractivity (Wildman–Crippen MR) is 80.6 cm³/mol. The van der Waals surface area contributed by atoms with E-state index in [2.05, 4.69) is 10.0 Å². The number of nitrogens with one attached hydrogen (secondary N) is 2. The number of aryl methyl sites for hydroxylation is 2. The summed E-state index contributed by atoms with van der Waals surface area (Å²) in [5.74, 6) is -0.190. The van der Waals surface area contributed by atoms with Crippen molar-refractivity contribution in [2.75, 3.05) is 32.7 Å². The van der Waals surface area contributed by atoms with Crippen molar-refractivity contribution in [3.05, 3.63) is 29.3 Å². The second kappa shape index (κ2) is 6.55. The van der Waals surface area contributed by atoms with Crippen LogP contribution in [0.5, 0.6) is 0 Å². The van der Waals surface area contributed by atoms with E-state index < -0.39 is 10.0 Å². The molecule has 1 aliphatic rings. The minimum atomic E-state index is -3.65. The molecule has 1 aliphatic heterocycles. The zero-order valence-electron chi connectivity index (χ0n) is 12.3. The van der Waals surface area contributed by atoms with Gasteiger partial charge in [0, 0.05) is 26.2 Å². The average molecular weight is 311 g/mol. The van der Waals surface area contributed by atoms with Crippen LogP contribution in [0.25, 0.3) is 0 Å². The van der Waals surface area contributed by atoms with Gasteiger partial charge >= 0.3 is 0 Å². The number of carbonyl (C=O) groups excluding carboxylic acids is 1. The molecule has 0 aromatic heterocycles. The summed E-state index contributed by atoms with van der Waals surface area (Å²) in [4.78, 5) is 13.9. The number of benzene rings is 1. The SMILES string of the molecule is Cc1cc(C)cc(S(=O)(=O)NCC(=O)N2CCNCC2)c1. The molecule has 1 aromatic rings. The molecule has 0 saturated carbocycles. The minimum Gasteiger partial charge on any atom is -0.339 e. The Hall–Kier alpha value is -1.44. The summed E-state index contributed by atoms with van der Waals surface area (Å²) in [6.45, 7) is 6.21. The normalized spacial score (nSPS) is 16.0. The topological polar surface area (TPSA) is 78.5 Å². The van der Waals surface area contributed by atoms with Crippen LogP contribution in [-0.4, -0.2) is 51.9 Å². The van der Waals surface area contributed by atoms with Gasteiger partial charge in [-0.2, -0.15) is 0 Å². The lowest BCUT2D eigenvalue weighted by atomic mass is 10.2. The van der Waals surface area contributed by atoms with Crippen LogP contribution in [-0.2, 0) is 14.8 Å². The third-order valence-electron chi connectivity index (χ3n) is 3.39. The van der Waals surface area contributed by atoms with Crippen molar-refractivity contribution >= 4 is 15.9 Å². The molecule has 0 spiro atoms. The van der Waals surface area contributed by atoms with Gasteiger partial charge in [0.25, 0.3) is 0 Å². The van der Waals surface area contributed by atoms with Crippen LogP contribution in [0.2, 0.25) is 0 Å². The maximum Gasteiger partial charge on any atom is 0.241 e. The van der Waals surface area contributed by atoms with E-state index in [1.54, 1.807) is 17.0 Å². The summed E-state index contributed by atoms with van der Waals surface area (Å²) in [5.41, 5.74) is 1.76. The molecule has 0 bridgehead atoms. The molecule has 6 nitrogen and oxygen atoms in total. The fourth-order valence-electron chi connectivity index (χ4n) is 2.35. The smallest absolute Gasteiger partial charge is 0.241 e. The Kier molecular flexibility index (Phi) is 4.97. The van der Waals surface area contributed by atoms with Crippen LogP contribution in [0.1, 0.15) is 11.1 Å². The highest BCUT2D eigenvalue weighted by Crippen LogP contribution is 2.14. The first-order valence-electron chi connectivity index (χ1n) is 6.95. The lowest BCUT2D eigenvalue weighted by Crippen LogP contribution is -2.49. The second-order valence-corrected chi connectivity index (χ2v) is 7.05. The first-order chi connectivity index (χ1) is 9.88. The fourth-order valence-corrected chi connectivity index (χ4v) is 3.52. The Morgan fingerprint density at radius 2 is 1.76 bits per heavy atom. The summed E-state index contributed by atoms with van der Waals surface area (Å²) in [5, 5.41) is 3.15. The van der Waals surface area contributed by atoms with Crippen LogP contribution in [0, 0.1) is 13.8 Å². The molecule has 7 heteroatoms. The van der Waals surface area contributed by atoms with Gasteiger partial charge in [0.05, 0.1) is 11.4 Å². The summed E-state index contributed by atoms with van der Waals surface area (Å²) in [6, 6.07) is 5.11. The van der Waals surface area contributed by atoms with Crippen molar-refractivity contribution in [3.8, 4) is 0 Å². The molecular formula is C14H21N3O3S. The number of hydrogen-bond acceptors (Lipinski definition) is 4. The van der Waals surface area contributed by atoms with Crippen LogP contribution in [0.3, 0.4) is 0 Å². The molecule has 1 fully saturated rings. The van der Waals surface area contributed by atoms with E-state index in [0.29, 0.717) is 13.1 Å². The largest absolute Gasteiger partial charge is 0.339 e. The van der Waals surface area contributed by atoms with Crippen molar-refractivity contribution in [2.45, 2.75) is 18.7 Å². The van der Waals surface area contributed by atoms with Gasteiger partial charge in [-0.15, -0.1) is 0 Å². The van der Waals surface area contributed by atoms with Crippen molar-refractivity contribution in [1.29, 1.82) is 0 Å². The lowest BCUT2D eigenvalue weighted by Gasteiger charge is -2.27. The Bertz CT molecular complexity index is 602. The molecule has 116 valence electrons. The molecular weight excluding hydrogens is 290 g/mol. The summed E-state index contributed by atoms with van der Waals surface area (Å²) in [7, 11) is -3.65. The van der Waals surface area contributed by atoms with Gasteiger partial charge in [-0.05, 0) is 37.1 Å². The van der Waals surface area contributed by atoms with Gasteiger partial charge in [-0.1, -0.05) is 6.07 Å². The number of hydrogen-bond donors (Lipinski definition) is 2. The van der Waals surface area contributed by atoms with E-state index in [1.807, 2.05) is 19.9 Å². The highest BCUT2D eigenvalue weighted by Gasteiger charge is 2.20. The van der Waals surface area contributed by atoms with Crippen molar-refractivity contribution < 1.29 is 13.2 Å². The van der Waals surface area contributed by atoms with Crippen LogP contribution < -0.4 is 10.0 Å². The summed E-state index contributed by atoms with van der Waals surface area (Å²) < 4.78 is 26.8. The van der Waals surface area contributed by atoms with Gasteiger partial charge in [-0.25, -0.2) is 13.1 Å². The lowest BCUT2D eigenvalue weighted by molar-refractivity contribution is -0.130. The van der Waals surface area contributed by atoms with Crippen LogP contribution >= 0.6 is 0 Å².